The van der Waals surface area contributed by atoms with Gasteiger partial charge in [0.25, 0.3) is 0 Å². The van der Waals surface area contributed by atoms with E-state index >= 15 is 0 Å². The van der Waals surface area contributed by atoms with E-state index in [9.17, 15) is 4.79 Å². The van der Waals surface area contributed by atoms with Crippen LogP contribution < -0.4 is 5.43 Å². The monoisotopic (exact) mass is 151 g/mol. The molecule has 0 aromatic carbocycles. The Bertz CT molecular complexity index is 288. The molecule has 1 rings (SSSR count). The zero-order valence-electron chi connectivity index (χ0n) is 7.00. The van der Waals surface area contributed by atoms with E-state index in [0.29, 0.717) is 0 Å². The van der Waals surface area contributed by atoms with E-state index in [0.717, 1.165) is 18.7 Å². The summed E-state index contributed by atoms with van der Waals surface area (Å²) >= 11 is 0. The molecule has 2 nitrogen and oxygen atoms in total. The number of aromatic nitrogens is 1. The van der Waals surface area contributed by atoms with Crippen LogP contribution in [-0.2, 0) is 6.54 Å². The van der Waals surface area contributed by atoms with Gasteiger partial charge in [-0.15, -0.1) is 0 Å². The molecule has 0 N–H and O–H groups in total. The molecule has 0 bridgehead atoms. The molecule has 0 amide bonds. The maximum absolute atomic E-state index is 10.8. The van der Waals surface area contributed by atoms with Crippen molar-refractivity contribution >= 4 is 0 Å². The zero-order chi connectivity index (χ0) is 8.27. The van der Waals surface area contributed by atoms with Crippen LogP contribution in [0.1, 0.15) is 19.0 Å². The third-order valence-corrected chi connectivity index (χ3v) is 1.69. The van der Waals surface area contributed by atoms with Gasteiger partial charge in [0.1, 0.15) is 0 Å². The van der Waals surface area contributed by atoms with Crippen LogP contribution in [0.25, 0.3) is 0 Å². The lowest BCUT2D eigenvalue weighted by atomic mass is 10.3. The SMILES string of the molecule is CCCn1ccc(=O)cc1C. The minimum atomic E-state index is 0.0925. The Morgan fingerprint density at radius 3 is 2.82 bits per heavy atom. The molecule has 1 aromatic rings. The standard InChI is InChI=1S/C9H13NO/c1-3-5-10-6-4-9(11)7-8(10)2/h4,6-7H,3,5H2,1-2H3. The van der Waals surface area contributed by atoms with E-state index in [1.165, 1.54) is 0 Å². The van der Waals surface area contributed by atoms with Crippen LogP contribution in [0.15, 0.2) is 23.1 Å². The number of pyridine rings is 1. The minimum Gasteiger partial charge on any atom is -0.351 e. The van der Waals surface area contributed by atoms with E-state index < -0.39 is 0 Å². The Labute approximate surface area is 66.5 Å². The highest BCUT2D eigenvalue weighted by Crippen LogP contribution is 1.95. The molecule has 1 aromatic heterocycles. The van der Waals surface area contributed by atoms with Crippen LogP contribution in [0.4, 0.5) is 0 Å². The summed E-state index contributed by atoms with van der Waals surface area (Å²) in [6.07, 6.45) is 2.95. The molecule has 0 aliphatic heterocycles. The number of nitrogens with zero attached hydrogens (tertiary/aromatic N) is 1. The van der Waals surface area contributed by atoms with E-state index in [1.807, 2.05) is 13.1 Å². The fraction of sp³-hybridized carbons (Fsp3) is 0.444. The number of aryl methyl sites for hydroxylation is 2. The quantitative estimate of drug-likeness (QED) is 0.628. The molecule has 0 aliphatic carbocycles. The summed E-state index contributed by atoms with van der Waals surface area (Å²) < 4.78 is 2.08. The largest absolute Gasteiger partial charge is 0.351 e. The van der Waals surface area contributed by atoms with Gasteiger partial charge >= 0.3 is 0 Å². The molecule has 0 radical (unpaired) electrons. The molecule has 1 heterocycles. The minimum absolute atomic E-state index is 0.0925. The smallest absolute Gasteiger partial charge is 0.181 e. The van der Waals surface area contributed by atoms with Crippen molar-refractivity contribution in [3.8, 4) is 0 Å². The summed E-state index contributed by atoms with van der Waals surface area (Å²) in [5.74, 6) is 0. The van der Waals surface area contributed by atoms with Gasteiger partial charge in [0, 0.05) is 30.6 Å². The molecule has 0 fully saturated rings. The van der Waals surface area contributed by atoms with Gasteiger partial charge in [-0.25, -0.2) is 0 Å². The molecule has 0 spiro atoms. The van der Waals surface area contributed by atoms with Crippen LogP contribution in [0, 0.1) is 6.92 Å². The maximum atomic E-state index is 10.8. The van der Waals surface area contributed by atoms with Crippen LogP contribution in [-0.4, -0.2) is 4.57 Å². The first kappa shape index (κ1) is 8.05. The molecular formula is C9H13NO. The van der Waals surface area contributed by atoms with E-state index in [2.05, 4.69) is 11.5 Å². The number of hydrogen-bond acceptors (Lipinski definition) is 1. The van der Waals surface area contributed by atoms with Crippen molar-refractivity contribution in [1.29, 1.82) is 0 Å². The third kappa shape index (κ3) is 1.93. The van der Waals surface area contributed by atoms with Crippen molar-refractivity contribution in [2.24, 2.45) is 0 Å². The van der Waals surface area contributed by atoms with Gasteiger partial charge in [-0.2, -0.15) is 0 Å². The molecule has 0 aliphatic rings. The summed E-state index contributed by atoms with van der Waals surface area (Å²) in [6, 6.07) is 3.26. The number of rotatable bonds is 2. The van der Waals surface area contributed by atoms with Crippen molar-refractivity contribution in [2.45, 2.75) is 26.8 Å². The Balaban J connectivity index is 2.99. The second-order valence-corrected chi connectivity index (χ2v) is 2.70. The Morgan fingerprint density at radius 1 is 1.55 bits per heavy atom. The number of hydrogen-bond donors (Lipinski definition) is 0. The highest BCUT2D eigenvalue weighted by atomic mass is 16.1. The summed E-state index contributed by atoms with van der Waals surface area (Å²) in [5.41, 5.74) is 1.13. The van der Waals surface area contributed by atoms with Crippen molar-refractivity contribution in [3.63, 3.8) is 0 Å². The summed E-state index contributed by atoms with van der Waals surface area (Å²) in [6.45, 7) is 5.07. The van der Waals surface area contributed by atoms with E-state index in [1.54, 1.807) is 12.1 Å². The van der Waals surface area contributed by atoms with Gasteiger partial charge in [-0.1, -0.05) is 6.92 Å². The maximum Gasteiger partial charge on any atom is 0.181 e. The summed E-state index contributed by atoms with van der Waals surface area (Å²) in [5, 5.41) is 0. The van der Waals surface area contributed by atoms with E-state index in [4.69, 9.17) is 0 Å². The summed E-state index contributed by atoms with van der Waals surface area (Å²) in [7, 11) is 0. The first-order valence-corrected chi connectivity index (χ1v) is 3.91. The van der Waals surface area contributed by atoms with Crippen LogP contribution in [0.2, 0.25) is 0 Å². The predicted octanol–water partition coefficient (Wildman–Crippen LogP) is 1.57. The molecule has 0 atom stereocenters. The molecule has 11 heavy (non-hydrogen) atoms. The normalized spacial score (nSPS) is 10.0. The molecule has 0 unspecified atom stereocenters. The van der Waals surface area contributed by atoms with Gasteiger partial charge in [0.15, 0.2) is 5.43 Å². The molecular weight excluding hydrogens is 138 g/mol. The van der Waals surface area contributed by atoms with Gasteiger partial charge in [0.05, 0.1) is 0 Å². The van der Waals surface area contributed by atoms with Crippen molar-refractivity contribution < 1.29 is 0 Å². The average molecular weight is 151 g/mol. The fourth-order valence-corrected chi connectivity index (χ4v) is 1.11. The van der Waals surface area contributed by atoms with Crippen molar-refractivity contribution in [2.75, 3.05) is 0 Å². The van der Waals surface area contributed by atoms with Gasteiger partial charge in [-0.05, 0) is 13.3 Å². The van der Waals surface area contributed by atoms with E-state index in [-0.39, 0.29) is 5.43 Å². The first-order valence-electron chi connectivity index (χ1n) is 3.91. The van der Waals surface area contributed by atoms with Crippen molar-refractivity contribution in [3.05, 3.63) is 34.2 Å². The topological polar surface area (TPSA) is 22.0 Å². The molecule has 2 heteroatoms. The Morgan fingerprint density at radius 2 is 2.27 bits per heavy atom. The fourth-order valence-electron chi connectivity index (χ4n) is 1.11. The highest BCUT2D eigenvalue weighted by Gasteiger charge is 1.92. The first-order chi connectivity index (χ1) is 5.24. The molecule has 60 valence electrons. The van der Waals surface area contributed by atoms with Crippen molar-refractivity contribution in [1.82, 2.24) is 4.57 Å². The lowest BCUT2D eigenvalue weighted by Gasteiger charge is -2.06. The third-order valence-electron chi connectivity index (χ3n) is 1.69. The van der Waals surface area contributed by atoms with Gasteiger partial charge in [0.2, 0.25) is 0 Å². The second-order valence-electron chi connectivity index (χ2n) is 2.70. The van der Waals surface area contributed by atoms with Gasteiger partial charge < -0.3 is 4.57 Å². The van der Waals surface area contributed by atoms with Gasteiger partial charge in [-0.3, -0.25) is 4.79 Å². The zero-order valence-corrected chi connectivity index (χ0v) is 7.00. The molecule has 0 saturated carbocycles. The second kappa shape index (κ2) is 3.37. The van der Waals surface area contributed by atoms with Crippen LogP contribution >= 0.6 is 0 Å². The Kier molecular flexibility index (Phi) is 2.47. The highest BCUT2D eigenvalue weighted by molar-refractivity contribution is 5.04. The molecule has 0 saturated heterocycles. The Hall–Kier alpha value is -1.05. The average Bonchev–Trinajstić information content (AvgIpc) is 1.95. The summed E-state index contributed by atoms with van der Waals surface area (Å²) in [4.78, 5) is 10.8. The lowest BCUT2D eigenvalue weighted by molar-refractivity contribution is 0.654. The van der Waals surface area contributed by atoms with Crippen LogP contribution in [0.5, 0.6) is 0 Å². The lowest BCUT2D eigenvalue weighted by Crippen LogP contribution is -2.07. The predicted molar refractivity (Wildman–Crippen MR) is 45.7 cm³/mol. The van der Waals surface area contributed by atoms with Crippen LogP contribution in [0.3, 0.4) is 0 Å².